The standard InChI is InChI=1S/C27H22N6S/c1-2-10-24-23(9-1)28-26(34-24)14-11-19-5-3-6-20(17-19)18-33-16-15-22-8-4-7-21(27(22)33)12-13-25-29-31-32-30-25/h1-11,14-17H,12-13,18H2,(H,29,30,31,32). The first-order valence-corrected chi connectivity index (χ1v) is 12.1. The molecule has 0 radical (unpaired) electrons. The minimum absolute atomic E-state index is 0.739. The Hall–Kier alpha value is -4.10. The highest BCUT2D eigenvalue weighted by molar-refractivity contribution is 7.19. The molecule has 6 aromatic rings. The van der Waals surface area contributed by atoms with Crippen LogP contribution in [0, 0.1) is 0 Å². The number of aromatic amines is 1. The maximum atomic E-state index is 4.70. The Kier molecular flexibility index (Phi) is 5.45. The van der Waals surface area contributed by atoms with Crippen molar-refractivity contribution in [2.75, 3.05) is 0 Å². The number of aromatic nitrogens is 6. The van der Waals surface area contributed by atoms with Crippen LogP contribution in [0.4, 0.5) is 0 Å². The van der Waals surface area contributed by atoms with E-state index < -0.39 is 0 Å². The van der Waals surface area contributed by atoms with Gasteiger partial charge in [0.05, 0.1) is 15.7 Å². The molecule has 0 aliphatic carbocycles. The van der Waals surface area contributed by atoms with Crippen molar-refractivity contribution in [1.29, 1.82) is 0 Å². The lowest BCUT2D eigenvalue weighted by atomic mass is 10.1. The minimum Gasteiger partial charge on any atom is -0.343 e. The van der Waals surface area contributed by atoms with Crippen LogP contribution in [0.25, 0.3) is 33.3 Å². The summed E-state index contributed by atoms with van der Waals surface area (Å²) < 4.78 is 3.54. The van der Waals surface area contributed by atoms with Crippen LogP contribution in [0.3, 0.4) is 0 Å². The molecule has 3 aromatic carbocycles. The van der Waals surface area contributed by atoms with Crippen molar-refractivity contribution < 1.29 is 0 Å². The number of nitrogens with zero attached hydrogens (tertiary/aromatic N) is 5. The summed E-state index contributed by atoms with van der Waals surface area (Å²) in [6, 6.07) is 25.6. The molecule has 6 rings (SSSR count). The largest absolute Gasteiger partial charge is 0.343 e. The van der Waals surface area contributed by atoms with Crippen molar-refractivity contribution in [3.8, 4) is 0 Å². The molecule has 1 N–H and O–H groups in total. The third kappa shape index (κ3) is 4.25. The average Bonchev–Trinajstić information content (AvgIpc) is 3.62. The van der Waals surface area contributed by atoms with Gasteiger partial charge in [-0.2, -0.15) is 5.21 Å². The van der Waals surface area contributed by atoms with Crippen molar-refractivity contribution >= 4 is 44.6 Å². The lowest BCUT2D eigenvalue weighted by molar-refractivity contribution is 0.818. The van der Waals surface area contributed by atoms with Crippen LogP contribution >= 0.6 is 11.3 Å². The molecule has 0 saturated heterocycles. The third-order valence-electron chi connectivity index (χ3n) is 5.91. The molecule has 3 aromatic heterocycles. The first-order valence-electron chi connectivity index (χ1n) is 11.2. The van der Waals surface area contributed by atoms with Gasteiger partial charge in [0.15, 0.2) is 5.82 Å². The van der Waals surface area contributed by atoms with E-state index >= 15 is 0 Å². The number of tetrazole rings is 1. The highest BCUT2D eigenvalue weighted by Gasteiger charge is 2.09. The van der Waals surface area contributed by atoms with E-state index in [9.17, 15) is 0 Å². The SMILES string of the molecule is C(=Cc1nc2ccccc2s1)c1cccc(Cn2ccc3cccc(CCc4nn[nH]n4)c32)c1. The van der Waals surface area contributed by atoms with Crippen molar-refractivity contribution in [3.05, 3.63) is 107 Å². The number of hydrogen-bond donors (Lipinski definition) is 1. The number of hydrogen-bond acceptors (Lipinski definition) is 5. The van der Waals surface area contributed by atoms with Gasteiger partial charge in [-0.15, -0.1) is 21.5 Å². The van der Waals surface area contributed by atoms with Crippen molar-refractivity contribution in [2.24, 2.45) is 0 Å². The first kappa shape index (κ1) is 20.5. The molecule has 0 atom stereocenters. The summed E-state index contributed by atoms with van der Waals surface area (Å²) in [6.45, 7) is 0.811. The van der Waals surface area contributed by atoms with Gasteiger partial charge < -0.3 is 4.57 Å². The third-order valence-corrected chi connectivity index (χ3v) is 6.91. The van der Waals surface area contributed by atoms with E-state index in [1.54, 1.807) is 11.3 Å². The van der Waals surface area contributed by atoms with E-state index in [1.165, 1.54) is 32.3 Å². The predicted octanol–water partition coefficient (Wildman–Crippen LogP) is 5.77. The zero-order valence-corrected chi connectivity index (χ0v) is 19.2. The predicted molar refractivity (Wildman–Crippen MR) is 138 cm³/mol. The van der Waals surface area contributed by atoms with Gasteiger partial charge in [-0.05, 0) is 58.8 Å². The van der Waals surface area contributed by atoms with Gasteiger partial charge in [0.25, 0.3) is 0 Å². The van der Waals surface area contributed by atoms with Gasteiger partial charge in [-0.25, -0.2) is 4.98 Å². The number of H-pyrrole nitrogens is 1. The molecular weight excluding hydrogens is 440 g/mol. The molecule has 0 aliphatic rings. The number of aryl methyl sites for hydroxylation is 2. The van der Waals surface area contributed by atoms with Crippen LogP contribution in [-0.2, 0) is 19.4 Å². The summed E-state index contributed by atoms with van der Waals surface area (Å²) in [5, 5.41) is 16.6. The fraction of sp³-hybridized carbons (Fsp3) is 0.111. The molecule has 6 nitrogen and oxygen atoms in total. The number of para-hydroxylation sites is 2. The molecular formula is C27H22N6S. The van der Waals surface area contributed by atoms with Crippen molar-refractivity contribution in [2.45, 2.75) is 19.4 Å². The second-order valence-corrected chi connectivity index (χ2v) is 9.29. The maximum Gasteiger partial charge on any atom is 0.174 e. The van der Waals surface area contributed by atoms with E-state index in [1.807, 2.05) is 6.07 Å². The molecule has 7 heteroatoms. The summed E-state index contributed by atoms with van der Waals surface area (Å²) in [6.07, 6.45) is 8.04. The van der Waals surface area contributed by atoms with Gasteiger partial charge in [-0.3, -0.25) is 0 Å². The van der Waals surface area contributed by atoms with Gasteiger partial charge in [0, 0.05) is 19.2 Å². The second kappa shape index (κ2) is 9.03. The molecule has 0 aliphatic heterocycles. The number of thiazole rings is 1. The number of fused-ring (bicyclic) bond motifs is 2. The normalized spacial score (nSPS) is 11.8. The Balaban J connectivity index is 1.24. The fourth-order valence-corrected chi connectivity index (χ4v) is 5.20. The Morgan fingerprint density at radius 1 is 0.912 bits per heavy atom. The average molecular weight is 463 g/mol. The van der Waals surface area contributed by atoms with Crippen LogP contribution in [0.15, 0.2) is 79.0 Å². The first-order chi connectivity index (χ1) is 16.8. The van der Waals surface area contributed by atoms with Crippen LogP contribution < -0.4 is 0 Å². The van der Waals surface area contributed by atoms with E-state index in [-0.39, 0.29) is 0 Å². The lowest BCUT2D eigenvalue weighted by Crippen LogP contribution is -2.02. The topological polar surface area (TPSA) is 72.3 Å². The molecule has 34 heavy (non-hydrogen) atoms. The van der Waals surface area contributed by atoms with Crippen LogP contribution in [0.5, 0.6) is 0 Å². The molecule has 0 amide bonds. The number of rotatable bonds is 7. The zero-order valence-electron chi connectivity index (χ0n) is 18.4. The molecule has 3 heterocycles. The van der Waals surface area contributed by atoms with E-state index in [0.29, 0.717) is 0 Å². The molecule has 0 unspecified atom stereocenters. The lowest BCUT2D eigenvalue weighted by Gasteiger charge is -2.10. The molecule has 0 saturated carbocycles. The maximum absolute atomic E-state index is 4.70. The Bertz CT molecular complexity index is 1560. The summed E-state index contributed by atoms with van der Waals surface area (Å²) >= 11 is 1.71. The van der Waals surface area contributed by atoms with E-state index in [2.05, 4.69) is 110 Å². The van der Waals surface area contributed by atoms with Crippen LogP contribution in [0.2, 0.25) is 0 Å². The minimum atomic E-state index is 0.739. The summed E-state index contributed by atoms with van der Waals surface area (Å²) in [7, 11) is 0. The van der Waals surface area contributed by atoms with E-state index in [0.717, 1.165) is 35.7 Å². The van der Waals surface area contributed by atoms with Crippen LogP contribution in [0.1, 0.15) is 27.5 Å². The molecule has 166 valence electrons. The van der Waals surface area contributed by atoms with Gasteiger partial charge >= 0.3 is 0 Å². The quantitative estimate of drug-likeness (QED) is 0.327. The summed E-state index contributed by atoms with van der Waals surface area (Å²) in [5.74, 6) is 0.739. The van der Waals surface area contributed by atoms with Crippen LogP contribution in [-0.4, -0.2) is 30.2 Å². The van der Waals surface area contributed by atoms with Gasteiger partial charge in [-0.1, -0.05) is 59.8 Å². The monoisotopic (exact) mass is 462 g/mol. The molecule has 0 bridgehead atoms. The summed E-state index contributed by atoms with van der Waals surface area (Å²) in [5.41, 5.74) is 6.04. The highest BCUT2D eigenvalue weighted by Crippen LogP contribution is 2.25. The molecule has 0 fully saturated rings. The fourth-order valence-electron chi connectivity index (χ4n) is 4.33. The zero-order chi connectivity index (χ0) is 22.7. The Labute approximate surface area is 200 Å². The van der Waals surface area contributed by atoms with Crippen molar-refractivity contribution in [1.82, 2.24) is 30.2 Å². The van der Waals surface area contributed by atoms with Gasteiger partial charge in [0.1, 0.15) is 5.01 Å². The Morgan fingerprint density at radius 3 is 2.76 bits per heavy atom. The van der Waals surface area contributed by atoms with E-state index in [4.69, 9.17) is 4.98 Å². The van der Waals surface area contributed by atoms with Gasteiger partial charge in [0.2, 0.25) is 0 Å². The van der Waals surface area contributed by atoms with Crippen molar-refractivity contribution in [3.63, 3.8) is 0 Å². The Morgan fingerprint density at radius 2 is 1.85 bits per heavy atom. The molecule has 0 spiro atoms. The number of nitrogens with one attached hydrogen (secondary N) is 1. The smallest absolute Gasteiger partial charge is 0.174 e. The summed E-state index contributed by atoms with van der Waals surface area (Å²) in [4.78, 5) is 4.70. The number of benzene rings is 3. The second-order valence-electron chi connectivity index (χ2n) is 8.22. The highest BCUT2D eigenvalue weighted by atomic mass is 32.1.